The van der Waals surface area contributed by atoms with Crippen molar-refractivity contribution < 1.29 is 53.8 Å². The van der Waals surface area contributed by atoms with E-state index in [9.17, 15) is 39.6 Å². The molecule has 0 radical (unpaired) electrons. The Morgan fingerprint density at radius 1 is 0.570 bits per heavy atom. The van der Waals surface area contributed by atoms with Gasteiger partial charge in [0.25, 0.3) is 0 Å². The van der Waals surface area contributed by atoms with Gasteiger partial charge in [0.15, 0.2) is 12.1 Å². The standard InChI is InChI=1S/C62H115N5O11S/c1-4-7-10-13-16-19-22-25-28-31-34-37-40-43-55(69)63-52(61(74)64-54-47-67(66-65-54)46-53(68)60-58(72)59(73)62(75)78-60)50-79-49-51(77-57(71)45-42-39-36-33-30-27-24-21-18-15-12-9-6-3)48-76-56(70)44-41-38-35-32-29-26-23-20-17-14-11-8-5-2/h47,51-53,58-60,62,68,72-73,75H,4-46,48-50H2,1-3H3,(H,63,69)(H,64,74)/t51-,52-,53+,58+,59+,60?,62?/m1/s1. The highest BCUT2D eigenvalue weighted by Crippen LogP contribution is 2.24. The van der Waals surface area contributed by atoms with Crippen LogP contribution in [0.2, 0.25) is 0 Å². The quantitative estimate of drug-likeness (QED) is 0.0263. The number of hydrogen-bond acceptors (Lipinski definition) is 14. The summed E-state index contributed by atoms with van der Waals surface area (Å²) in [5.74, 6) is -1.12. The van der Waals surface area contributed by atoms with Crippen molar-refractivity contribution in [2.24, 2.45) is 0 Å². The van der Waals surface area contributed by atoms with Gasteiger partial charge in [0.05, 0.1) is 12.7 Å². The van der Waals surface area contributed by atoms with Crippen LogP contribution < -0.4 is 10.6 Å². The molecule has 0 bridgehead atoms. The van der Waals surface area contributed by atoms with Crippen molar-refractivity contribution in [3.63, 3.8) is 0 Å². The number of hydrogen-bond donors (Lipinski definition) is 6. The maximum Gasteiger partial charge on any atom is 0.306 e. The van der Waals surface area contributed by atoms with Crippen LogP contribution in [0.1, 0.15) is 290 Å². The summed E-state index contributed by atoms with van der Waals surface area (Å²) in [5.41, 5.74) is 0. The first-order valence-electron chi connectivity index (χ1n) is 32.3. The van der Waals surface area contributed by atoms with Crippen LogP contribution in [0.25, 0.3) is 0 Å². The van der Waals surface area contributed by atoms with Crippen LogP contribution in [-0.2, 0) is 39.9 Å². The van der Waals surface area contributed by atoms with Crippen molar-refractivity contribution in [2.45, 2.75) is 340 Å². The van der Waals surface area contributed by atoms with E-state index in [4.69, 9.17) is 14.2 Å². The number of esters is 2. The number of aliphatic hydroxyl groups is 4. The van der Waals surface area contributed by atoms with Gasteiger partial charge in [0, 0.05) is 30.8 Å². The number of thioether (sulfide) groups is 1. The van der Waals surface area contributed by atoms with Crippen molar-refractivity contribution >= 4 is 41.3 Å². The van der Waals surface area contributed by atoms with Crippen LogP contribution in [0, 0.1) is 0 Å². The third-order valence-corrected chi connectivity index (χ3v) is 16.4. The summed E-state index contributed by atoms with van der Waals surface area (Å²) < 4.78 is 18.0. The minimum Gasteiger partial charge on any atom is -0.462 e. The van der Waals surface area contributed by atoms with E-state index in [2.05, 4.69) is 41.7 Å². The number of aromatic nitrogens is 3. The first-order valence-corrected chi connectivity index (χ1v) is 33.4. The van der Waals surface area contributed by atoms with Gasteiger partial charge < -0.3 is 45.3 Å². The van der Waals surface area contributed by atoms with E-state index in [0.717, 1.165) is 57.8 Å². The highest BCUT2D eigenvalue weighted by molar-refractivity contribution is 7.99. The summed E-state index contributed by atoms with van der Waals surface area (Å²) in [6.45, 7) is 6.40. The first kappa shape index (κ1) is 72.3. The molecule has 0 aliphatic carbocycles. The SMILES string of the molecule is CCCCCCCCCCCCCCCC(=O)N[C@H](CSC[C@@H](COC(=O)CCCCCCCCCCCCCCC)OC(=O)CCCCCCCCCCCCCCC)C(=O)Nc1cn(C[C@H](O)C2OC(O)[C@@H](O)[C@@H]2O)nn1. The molecule has 2 unspecified atom stereocenters. The molecule has 1 aromatic rings. The van der Waals surface area contributed by atoms with E-state index in [1.54, 1.807) is 0 Å². The molecule has 460 valence electrons. The molecule has 1 saturated heterocycles. The predicted octanol–water partition coefficient (Wildman–Crippen LogP) is 13.1. The molecule has 0 saturated carbocycles. The fourth-order valence-electron chi connectivity index (χ4n) is 10.2. The van der Waals surface area contributed by atoms with Crippen LogP contribution in [0.4, 0.5) is 5.82 Å². The molecule has 0 spiro atoms. The maximum absolute atomic E-state index is 13.9. The number of aliphatic hydroxyl groups excluding tert-OH is 4. The van der Waals surface area contributed by atoms with Crippen molar-refractivity contribution in [2.75, 3.05) is 23.4 Å². The molecular weight excluding hydrogens is 1020 g/mol. The smallest absolute Gasteiger partial charge is 0.306 e. The fraction of sp³-hybridized carbons (Fsp3) is 0.903. The lowest BCUT2D eigenvalue weighted by molar-refractivity contribution is -0.157. The van der Waals surface area contributed by atoms with Gasteiger partial charge in [0.2, 0.25) is 11.8 Å². The molecule has 1 aliphatic heterocycles. The molecular formula is C62H115N5O11S. The zero-order valence-corrected chi connectivity index (χ0v) is 50.9. The Balaban J connectivity index is 1.98. The number of nitrogens with one attached hydrogen (secondary N) is 2. The highest BCUT2D eigenvalue weighted by Gasteiger charge is 2.45. The van der Waals surface area contributed by atoms with E-state index < -0.39 is 48.8 Å². The van der Waals surface area contributed by atoms with Crippen LogP contribution in [0.5, 0.6) is 0 Å². The molecule has 1 aliphatic rings. The van der Waals surface area contributed by atoms with E-state index >= 15 is 0 Å². The van der Waals surface area contributed by atoms with Crippen LogP contribution in [-0.4, -0.2) is 120 Å². The molecule has 2 amide bonds. The zero-order chi connectivity index (χ0) is 57.4. The third kappa shape index (κ3) is 38.6. The lowest BCUT2D eigenvalue weighted by Gasteiger charge is -2.21. The highest BCUT2D eigenvalue weighted by atomic mass is 32.2. The summed E-state index contributed by atoms with van der Waals surface area (Å²) in [6, 6.07) is -1.01. The minimum absolute atomic E-state index is 0.0429. The van der Waals surface area contributed by atoms with Crippen molar-refractivity contribution in [3.05, 3.63) is 6.20 Å². The summed E-state index contributed by atoms with van der Waals surface area (Å²) in [5, 5.41) is 54.2. The van der Waals surface area contributed by atoms with E-state index in [-0.39, 0.29) is 61.2 Å². The Labute approximate surface area is 483 Å². The third-order valence-electron chi connectivity index (χ3n) is 15.3. The second-order valence-electron chi connectivity index (χ2n) is 22.8. The van der Waals surface area contributed by atoms with Crippen molar-refractivity contribution in [1.82, 2.24) is 20.3 Å². The van der Waals surface area contributed by atoms with E-state index in [0.29, 0.717) is 19.3 Å². The number of nitrogens with zero attached hydrogens (tertiary/aromatic N) is 3. The number of unbranched alkanes of at least 4 members (excludes halogenated alkanes) is 36. The van der Waals surface area contributed by atoms with Crippen molar-refractivity contribution in [1.29, 1.82) is 0 Å². The lowest BCUT2D eigenvalue weighted by atomic mass is 10.0. The molecule has 1 fully saturated rings. The van der Waals surface area contributed by atoms with Gasteiger partial charge in [-0.15, -0.1) is 5.10 Å². The summed E-state index contributed by atoms with van der Waals surface area (Å²) in [7, 11) is 0. The van der Waals surface area contributed by atoms with Gasteiger partial charge in [-0.3, -0.25) is 19.2 Å². The maximum atomic E-state index is 13.9. The monoisotopic (exact) mass is 1140 g/mol. The van der Waals surface area contributed by atoms with Crippen LogP contribution in [0.3, 0.4) is 0 Å². The first-order chi connectivity index (χ1) is 38.5. The van der Waals surface area contributed by atoms with Gasteiger partial charge in [-0.1, -0.05) is 257 Å². The number of amides is 2. The normalized spacial score (nSPS) is 17.4. The summed E-state index contributed by atoms with van der Waals surface area (Å²) >= 11 is 1.31. The van der Waals surface area contributed by atoms with Gasteiger partial charge >= 0.3 is 11.9 Å². The number of rotatable bonds is 55. The molecule has 2 rings (SSSR count). The Morgan fingerprint density at radius 2 is 0.975 bits per heavy atom. The Bertz CT molecular complexity index is 1640. The van der Waals surface area contributed by atoms with Gasteiger partial charge in [0.1, 0.15) is 43.2 Å². The van der Waals surface area contributed by atoms with Gasteiger partial charge in [-0.2, -0.15) is 11.8 Å². The Hall–Kier alpha value is -2.83. The molecule has 16 nitrogen and oxygen atoms in total. The number of carbonyl (C=O) groups is 4. The predicted molar refractivity (Wildman–Crippen MR) is 319 cm³/mol. The number of ether oxygens (including phenoxy) is 3. The second kappa shape index (κ2) is 49.8. The fourth-order valence-corrected chi connectivity index (χ4v) is 11.3. The molecule has 6 N–H and O–H groups in total. The van der Waals surface area contributed by atoms with E-state index in [1.807, 2.05) is 0 Å². The van der Waals surface area contributed by atoms with Gasteiger partial charge in [-0.05, 0) is 19.3 Å². The van der Waals surface area contributed by atoms with Crippen LogP contribution >= 0.6 is 11.8 Å². The molecule has 1 aromatic heterocycles. The molecule has 2 heterocycles. The van der Waals surface area contributed by atoms with Gasteiger partial charge in [-0.25, -0.2) is 4.68 Å². The summed E-state index contributed by atoms with van der Waals surface area (Å²) in [4.78, 5) is 53.5. The lowest BCUT2D eigenvalue weighted by Crippen LogP contribution is -2.45. The summed E-state index contributed by atoms with van der Waals surface area (Å²) in [6.07, 6.45) is 40.7. The average molecular weight is 1140 g/mol. The Kier molecular flexibility index (Phi) is 45.5. The number of anilines is 1. The zero-order valence-electron chi connectivity index (χ0n) is 50.0. The minimum atomic E-state index is -1.65. The molecule has 17 heteroatoms. The molecule has 0 aromatic carbocycles. The second-order valence-corrected chi connectivity index (χ2v) is 23.9. The van der Waals surface area contributed by atoms with E-state index in [1.165, 1.54) is 202 Å². The number of carbonyl (C=O) groups excluding carboxylic acids is 4. The topological polar surface area (TPSA) is 232 Å². The van der Waals surface area contributed by atoms with Crippen molar-refractivity contribution in [3.8, 4) is 0 Å². The Morgan fingerprint density at radius 3 is 1.39 bits per heavy atom. The van der Waals surface area contributed by atoms with Crippen LogP contribution in [0.15, 0.2) is 6.20 Å². The molecule has 79 heavy (non-hydrogen) atoms. The average Bonchev–Trinajstić information content (AvgIpc) is 4.04. The largest absolute Gasteiger partial charge is 0.462 e. The molecule has 7 atom stereocenters.